The van der Waals surface area contributed by atoms with Crippen LogP contribution in [0.3, 0.4) is 0 Å². The molecule has 1 heterocycles. The predicted molar refractivity (Wildman–Crippen MR) is 69.4 cm³/mol. The number of likely N-dealkylation sites (tertiary alicyclic amines) is 1. The Morgan fingerprint density at radius 2 is 1.94 bits per heavy atom. The highest BCUT2D eigenvalue weighted by Gasteiger charge is 2.29. The summed E-state index contributed by atoms with van der Waals surface area (Å²) >= 11 is 0. The molecule has 2 atom stereocenters. The number of carboxylic acid groups (broad SMARTS) is 1. The van der Waals surface area contributed by atoms with Gasteiger partial charge in [-0.2, -0.15) is 0 Å². The summed E-state index contributed by atoms with van der Waals surface area (Å²) in [5.41, 5.74) is 0. The first-order chi connectivity index (χ1) is 8.65. The molecule has 1 aliphatic carbocycles. The third kappa shape index (κ3) is 3.95. The zero-order valence-corrected chi connectivity index (χ0v) is 11.1. The molecule has 104 valence electrons. The first-order valence-electron chi connectivity index (χ1n) is 7.29. The van der Waals surface area contributed by atoms with Crippen molar-refractivity contribution in [3.63, 3.8) is 0 Å². The molecule has 4 nitrogen and oxygen atoms in total. The van der Waals surface area contributed by atoms with Crippen LogP contribution in [0.25, 0.3) is 0 Å². The van der Waals surface area contributed by atoms with Crippen molar-refractivity contribution in [3.8, 4) is 0 Å². The van der Waals surface area contributed by atoms with Crippen molar-refractivity contribution in [2.45, 2.75) is 63.5 Å². The summed E-state index contributed by atoms with van der Waals surface area (Å²) in [5.74, 6) is -0.0299. The van der Waals surface area contributed by atoms with Gasteiger partial charge in [0.1, 0.15) is 0 Å². The van der Waals surface area contributed by atoms with Crippen molar-refractivity contribution in [1.29, 1.82) is 0 Å². The lowest BCUT2D eigenvalue weighted by atomic mass is 9.99. The monoisotopic (exact) mass is 255 g/mol. The molecule has 2 N–H and O–H groups in total. The van der Waals surface area contributed by atoms with Crippen molar-refractivity contribution in [1.82, 2.24) is 4.90 Å². The molecule has 18 heavy (non-hydrogen) atoms. The molecule has 0 aromatic heterocycles. The Bertz CT molecular complexity index is 276. The van der Waals surface area contributed by atoms with E-state index < -0.39 is 5.97 Å². The Balaban J connectivity index is 1.74. The van der Waals surface area contributed by atoms with Crippen LogP contribution in [0.5, 0.6) is 0 Å². The van der Waals surface area contributed by atoms with Gasteiger partial charge in [-0.25, -0.2) is 0 Å². The highest BCUT2D eigenvalue weighted by atomic mass is 16.4. The molecule has 0 spiro atoms. The van der Waals surface area contributed by atoms with Gasteiger partial charge >= 0.3 is 5.97 Å². The van der Waals surface area contributed by atoms with Gasteiger partial charge in [0.25, 0.3) is 0 Å². The molecule has 0 aromatic rings. The van der Waals surface area contributed by atoms with Crippen LogP contribution in [0, 0.1) is 5.92 Å². The first kappa shape index (κ1) is 13.8. The maximum absolute atomic E-state index is 10.8. The second-order valence-electron chi connectivity index (χ2n) is 5.93. The van der Waals surface area contributed by atoms with Crippen LogP contribution in [0.4, 0.5) is 0 Å². The van der Waals surface area contributed by atoms with Crippen LogP contribution < -0.4 is 0 Å². The topological polar surface area (TPSA) is 60.8 Å². The van der Waals surface area contributed by atoms with Gasteiger partial charge in [-0.05, 0) is 31.7 Å². The Kier molecular flexibility index (Phi) is 5.01. The predicted octanol–water partition coefficient (Wildman–Crippen LogP) is 1.87. The van der Waals surface area contributed by atoms with Gasteiger partial charge in [0.2, 0.25) is 0 Å². The summed E-state index contributed by atoms with van der Waals surface area (Å²) in [4.78, 5) is 13.0. The fraction of sp³-hybridized carbons (Fsp3) is 0.929. The number of hydrogen-bond donors (Lipinski definition) is 2. The molecule has 2 aliphatic rings. The average molecular weight is 255 g/mol. The van der Waals surface area contributed by atoms with E-state index in [9.17, 15) is 9.90 Å². The van der Waals surface area contributed by atoms with Gasteiger partial charge < -0.3 is 10.2 Å². The van der Waals surface area contributed by atoms with Crippen LogP contribution in [-0.4, -0.2) is 46.3 Å². The summed E-state index contributed by atoms with van der Waals surface area (Å²) in [5, 5.41) is 19.0. The van der Waals surface area contributed by atoms with E-state index in [1.54, 1.807) is 0 Å². The number of aliphatic carboxylic acids is 1. The molecule has 2 unspecified atom stereocenters. The Morgan fingerprint density at radius 1 is 1.22 bits per heavy atom. The fourth-order valence-electron chi connectivity index (χ4n) is 3.54. The number of rotatable bonds is 6. The maximum Gasteiger partial charge on any atom is 0.304 e. The minimum absolute atomic E-state index is 0.140. The van der Waals surface area contributed by atoms with Crippen LogP contribution in [0.2, 0.25) is 0 Å². The zero-order valence-electron chi connectivity index (χ0n) is 11.1. The van der Waals surface area contributed by atoms with E-state index >= 15 is 0 Å². The van der Waals surface area contributed by atoms with Crippen LogP contribution in [0.1, 0.15) is 51.4 Å². The molecule has 0 radical (unpaired) electrons. The third-order valence-electron chi connectivity index (χ3n) is 4.43. The number of aliphatic hydroxyl groups is 1. The van der Waals surface area contributed by atoms with Crippen molar-refractivity contribution < 1.29 is 15.0 Å². The molecule has 2 fully saturated rings. The van der Waals surface area contributed by atoms with E-state index in [1.807, 2.05) is 0 Å². The van der Waals surface area contributed by atoms with Gasteiger partial charge in [-0.1, -0.05) is 25.7 Å². The normalized spacial score (nSPS) is 27.7. The van der Waals surface area contributed by atoms with E-state index in [4.69, 9.17) is 5.11 Å². The first-order valence-corrected chi connectivity index (χ1v) is 7.29. The molecule has 1 saturated carbocycles. The highest BCUT2D eigenvalue weighted by Crippen LogP contribution is 2.29. The lowest BCUT2D eigenvalue weighted by molar-refractivity contribution is -0.138. The number of aliphatic hydroxyl groups excluding tert-OH is 1. The van der Waals surface area contributed by atoms with Crippen molar-refractivity contribution >= 4 is 5.97 Å². The molecular weight excluding hydrogens is 230 g/mol. The zero-order chi connectivity index (χ0) is 13.0. The number of β-amino-alcohol motifs (C(OH)–C–C–N with tert-alkyl or cyclic N) is 1. The number of carbonyl (C=O) groups is 1. The molecule has 0 aromatic carbocycles. The van der Waals surface area contributed by atoms with E-state index in [0.29, 0.717) is 12.5 Å². The Hall–Kier alpha value is -0.610. The lowest BCUT2D eigenvalue weighted by Crippen LogP contribution is -2.38. The highest BCUT2D eigenvalue weighted by molar-refractivity contribution is 5.67. The molecule has 1 saturated heterocycles. The molecule has 1 aliphatic heterocycles. The van der Waals surface area contributed by atoms with Crippen molar-refractivity contribution in [2.24, 2.45) is 5.92 Å². The van der Waals surface area contributed by atoms with Gasteiger partial charge in [-0.15, -0.1) is 0 Å². The van der Waals surface area contributed by atoms with Crippen molar-refractivity contribution in [2.75, 3.05) is 13.1 Å². The summed E-state index contributed by atoms with van der Waals surface area (Å²) in [6.07, 6.45) is 8.00. The summed E-state index contributed by atoms with van der Waals surface area (Å²) in [6, 6.07) is 0.140. The van der Waals surface area contributed by atoms with Gasteiger partial charge in [0, 0.05) is 12.6 Å². The number of carboxylic acids is 1. The van der Waals surface area contributed by atoms with E-state index in [1.165, 1.54) is 25.7 Å². The summed E-state index contributed by atoms with van der Waals surface area (Å²) < 4.78 is 0. The molecule has 0 amide bonds. The average Bonchev–Trinajstić information content (AvgIpc) is 2.91. The van der Waals surface area contributed by atoms with Crippen molar-refractivity contribution in [3.05, 3.63) is 0 Å². The second-order valence-corrected chi connectivity index (χ2v) is 5.93. The largest absolute Gasteiger partial charge is 0.481 e. The van der Waals surface area contributed by atoms with Gasteiger partial charge in [-0.3, -0.25) is 9.69 Å². The Morgan fingerprint density at radius 3 is 2.61 bits per heavy atom. The SMILES string of the molecule is O=C(O)CC1CCCN1CC(O)CC1CCCC1. The summed E-state index contributed by atoms with van der Waals surface area (Å²) in [7, 11) is 0. The molecular formula is C14H25NO3. The van der Waals surface area contributed by atoms with Crippen LogP contribution in [0.15, 0.2) is 0 Å². The van der Waals surface area contributed by atoms with E-state index in [2.05, 4.69) is 4.90 Å². The van der Waals surface area contributed by atoms with Crippen LogP contribution in [-0.2, 0) is 4.79 Å². The van der Waals surface area contributed by atoms with Crippen LogP contribution >= 0.6 is 0 Å². The van der Waals surface area contributed by atoms with Gasteiger partial charge in [0.15, 0.2) is 0 Å². The van der Waals surface area contributed by atoms with E-state index in [-0.39, 0.29) is 18.6 Å². The third-order valence-corrected chi connectivity index (χ3v) is 4.43. The lowest BCUT2D eigenvalue weighted by Gasteiger charge is -2.26. The minimum atomic E-state index is -0.725. The number of nitrogens with zero attached hydrogens (tertiary/aromatic N) is 1. The standard InChI is InChI=1S/C14H25NO3/c16-13(8-11-4-1-2-5-11)10-15-7-3-6-12(15)9-14(17)18/h11-13,16H,1-10H2,(H,17,18). The second kappa shape index (κ2) is 6.53. The van der Waals surface area contributed by atoms with E-state index in [0.717, 1.165) is 25.8 Å². The fourth-order valence-corrected chi connectivity index (χ4v) is 3.54. The number of hydrogen-bond acceptors (Lipinski definition) is 3. The molecule has 4 heteroatoms. The molecule has 2 rings (SSSR count). The minimum Gasteiger partial charge on any atom is -0.481 e. The quantitative estimate of drug-likeness (QED) is 0.760. The summed E-state index contributed by atoms with van der Waals surface area (Å²) in [6.45, 7) is 1.61. The smallest absolute Gasteiger partial charge is 0.304 e. The maximum atomic E-state index is 10.8. The molecule has 0 bridgehead atoms. The van der Waals surface area contributed by atoms with Gasteiger partial charge in [0.05, 0.1) is 12.5 Å². The Labute approximate surface area is 109 Å².